The molecule has 1 aliphatic rings. The Kier molecular flexibility index (Phi) is 4.98. The van der Waals surface area contributed by atoms with Crippen LogP contribution in [0.15, 0.2) is 0 Å². The fourth-order valence-electron chi connectivity index (χ4n) is 3.30. The van der Waals surface area contributed by atoms with E-state index in [-0.39, 0.29) is 23.8 Å². The van der Waals surface area contributed by atoms with Crippen LogP contribution in [-0.4, -0.2) is 25.2 Å². The average Bonchev–Trinajstić information content (AvgIpc) is 2.26. The molecule has 1 aliphatic carbocycles. The van der Waals surface area contributed by atoms with Crippen molar-refractivity contribution in [2.45, 2.75) is 52.5 Å². The highest BCUT2D eigenvalue weighted by Crippen LogP contribution is 2.41. The normalized spacial score (nSPS) is 29.1. The van der Waals surface area contributed by atoms with E-state index in [9.17, 15) is 10.1 Å². The van der Waals surface area contributed by atoms with E-state index < -0.39 is 5.54 Å². The minimum Gasteiger partial charge on any atom is -0.381 e. The highest BCUT2D eigenvalue weighted by atomic mass is 16.5. The molecule has 0 heterocycles. The quantitative estimate of drug-likeness (QED) is 0.850. The number of nitrogens with zero attached hydrogens (tertiary/aromatic N) is 1. The van der Waals surface area contributed by atoms with Gasteiger partial charge in [0.15, 0.2) is 0 Å². The lowest BCUT2D eigenvalue weighted by Gasteiger charge is -2.39. The lowest BCUT2D eigenvalue weighted by molar-refractivity contribution is -0.129. The zero-order chi connectivity index (χ0) is 14.7. The van der Waals surface area contributed by atoms with Gasteiger partial charge in [-0.3, -0.25) is 4.79 Å². The molecule has 19 heavy (non-hydrogen) atoms. The Labute approximate surface area is 116 Å². The molecule has 0 aromatic rings. The van der Waals surface area contributed by atoms with Crippen molar-refractivity contribution in [3.63, 3.8) is 0 Å². The van der Waals surface area contributed by atoms with E-state index in [0.29, 0.717) is 5.92 Å². The Morgan fingerprint density at radius 1 is 1.53 bits per heavy atom. The SMILES string of the molecule is COC[C@](C)(C#N)NC(=O)[C@@H]1C[C@@H](C)CC(C)(C)C1. The molecule has 0 radical (unpaired) electrons. The molecule has 3 atom stereocenters. The maximum absolute atomic E-state index is 12.4. The van der Waals surface area contributed by atoms with Crippen LogP contribution in [0.4, 0.5) is 0 Å². The van der Waals surface area contributed by atoms with Gasteiger partial charge in [-0.15, -0.1) is 0 Å². The van der Waals surface area contributed by atoms with E-state index in [2.05, 4.69) is 32.2 Å². The molecule has 4 heteroatoms. The number of amides is 1. The van der Waals surface area contributed by atoms with Crippen LogP contribution in [0.3, 0.4) is 0 Å². The van der Waals surface area contributed by atoms with E-state index in [1.807, 2.05) is 0 Å². The molecule has 108 valence electrons. The minimum absolute atomic E-state index is 0.00304. The smallest absolute Gasteiger partial charge is 0.224 e. The summed E-state index contributed by atoms with van der Waals surface area (Å²) in [6, 6.07) is 2.12. The van der Waals surface area contributed by atoms with Crippen LogP contribution < -0.4 is 5.32 Å². The summed E-state index contributed by atoms with van der Waals surface area (Å²) in [5.74, 6) is 0.541. The number of nitriles is 1. The van der Waals surface area contributed by atoms with Gasteiger partial charge >= 0.3 is 0 Å². The van der Waals surface area contributed by atoms with Gasteiger partial charge in [-0.2, -0.15) is 5.26 Å². The van der Waals surface area contributed by atoms with E-state index in [4.69, 9.17) is 4.74 Å². The first kappa shape index (κ1) is 16.0. The summed E-state index contributed by atoms with van der Waals surface area (Å²) < 4.78 is 5.01. The van der Waals surface area contributed by atoms with Gasteiger partial charge in [-0.05, 0) is 37.5 Å². The molecule has 0 aromatic heterocycles. The zero-order valence-electron chi connectivity index (χ0n) is 12.7. The maximum atomic E-state index is 12.4. The van der Waals surface area contributed by atoms with Crippen molar-refractivity contribution >= 4 is 5.91 Å². The van der Waals surface area contributed by atoms with Gasteiger partial charge in [-0.25, -0.2) is 0 Å². The molecule has 0 saturated heterocycles. The summed E-state index contributed by atoms with van der Waals surface area (Å²) >= 11 is 0. The molecule has 0 unspecified atom stereocenters. The zero-order valence-corrected chi connectivity index (χ0v) is 12.7. The molecule has 0 spiro atoms. The van der Waals surface area contributed by atoms with Crippen LogP contribution in [0, 0.1) is 28.6 Å². The van der Waals surface area contributed by atoms with Gasteiger partial charge in [-0.1, -0.05) is 20.8 Å². The number of hydrogen-bond donors (Lipinski definition) is 1. The van der Waals surface area contributed by atoms with Gasteiger partial charge < -0.3 is 10.1 Å². The third-order valence-electron chi connectivity index (χ3n) is 3.84. The molecule has 4 nitrogen and oxygen atoms in total. The van der Waals surface area contributed by atoms with E-state index in [1.54, 1.807) is 6.92 Å². The molecule has 0 aliphatic heterocycles. The van der Waals surface area contributed by atoms with Crippen molar-refractivity contribution in [1.29, 1.82) is 5.26 Å². The number of carbonyl (C=O) groups excluding carboxylic acids is 1. The molecular formula is C15H26N2O2. The van der Waals surface area contributed by atoms with Crippen LogP contribution in [0.2, 0.25) is 0 Å². The summed E-state index contributed by atoms with van der Waals surface area (Å²) in [5, 5.41) is 12.0. The number of carbonyl (C=O) groups is 1. The topological polar surface area (TPSA) is 62.1 Å². The Hall–Kier alpha value is -1.08. The van der Waals surface area contributed by atoms with E-state index in [0.717, 1.165) is 19.3 Å². The Balaban J connectivity index is 2.70. The van der Waals surface area contributed by atoms with Crippen molar-refractivity contribution in [3.05, 3.63) is 0 Å². The molecule has 1 N–H and O–H groups in total. The van der Waals surface area contributed by atoms with Crippen molar-refractivity contribution in [1.82, 2.24) is 5.32 Å². The van der Waals surface area contributed by atoms with Crippen molar-refractivity contribution < 1.29 is 9.53 Å². The third-order valence-corrected chi connectivity index (χ3v) is 3.84. The lowest BCUT2D eigenvalue weighted by Crippen LogP contribution is -2.51. The number of ether oxygens (including phenoxy) is 1. The summed E-state index contributed by atoms with van der Waals surface area (Å²) in [4.78, 5) is 12.4. The van der Waals surface area contributed by atoms with Crippen LogP contribution in [0.5, 0.6) is 0 Å². The molecule has 1 rings (SSSR count). The van der Waals surface area contributed by atoms with Gasteiger partial charge in [0.25, 0.3) is 0 Å². The standard InChI is InChI=1S/C15H26N2O2/c1-11-6-12(8-14(2,3)7-11)13(18)17-15(4,9-16)10-19-5/h11-12H,6-8,10H2,1-5H3,(H,17,18)/t11-,12-,15+/m1/s1. The predicted molar refractivity (Wildman–Crippen MR) is 74.3 cm³/mol. The molecule has 0 bridgehead atoms. The van der Waals surface area contributed by atoms with Crippen LogP contribution in [0.1, 0.15) is 47.0 Å². The predicted octanol–water partition coefficient (Wildman–Crippen LogP) is 2.49. The number of rotatable bonds is 4. The molecule has 1 saturated carbocycles. The highest BCUT2D eigenvalue weighted by Gasteiger charge is 2.37. The van der Waals surface area contributed by atoms with Crippen molar-refractivity contribution in [2.24, 2.45) is 17.3 Å². The van der Waals surface area contributed by atoms with Gasteiger partial charge in [0.1, 0.15) is 5.54 Å². The van der Waals surface area contributed by atoms with E-state index in [1.165, 1.54) is 7.11 Å². The summed E-state index contributed by atoms with van der Waals surface area (Å²) in [6.07, 6.45) is 2.95. The summed E-state index contributed by atoms with van der Waals surface area (Å²) in [5.41, 5.74) is -0.735. The van der Waals surface area contributed by atoms with E-state index >= 15 is 0 Å². The molecule has 1 fully saturated rings. The Bertz CT molecular complexity index is 373. The Morgan fingerprint density at radius 3 is 2.63 bits per heavy atom. The van der Waals surface area contributed by atoms with Crippen LogP contribution in [-0.2, 0) is 9.53 Å². The second kappa shape index (κ2) is 5.92. The summed E-state index contributed by atoms with van der Waals surface area (Å²) in [7, 11) is 1.54. The minimum atomic E-state index is -0.934. The maximum Gasteiger partial charge on any atom is 0.224 e. The Morgan fingerprint density at radius 2 is 2.16 bits per heavy atom. The number of methoxy groups -OCH3 is 1. The van der Waals surface area contributed by atoms with Crippen LogP contribution >= 0.6 is 0 Å². The summed E-state index contributed by atoms with van der Waals surface area (Å²) in [6.45, 7) is 8.52. The fraction of sp³-hybridized carbons (Fsp3) is 0.867. The second-order valence-electron chi connectivity index (χ2n) is 6.98. The first-order valence-electron chi connectivity index (χ1n) is 6.93. The first-order valence-corrected chi connectivity index (χ1v) is 6.93. The highest BCUT2D eigenvalue weighted by molar-refractivity contribution is 5.80. The van der Waals surface area contributed by atoms with Crippen molar-refractivity contribution in [3.8, 4) is 6.07 Å². The van der Waals surface area contributed by atoms with Gasteiger partial charge in [0, 0.05) is 13.0 Å². The third kappa shape index (κ3) is 4.50. The van der Waals surface area contributed by atoms with Crippen molar-refractivity contribution in [2.75, 3.05) is 13.7 Å². The molecule has 1 amide bonds. The fourth-order valence-corrected chi connectivity index (χ4v) is 3.30. The average molecular weight is 266 g/mol. The molecular weight excluding hydrogens is 240 g/mol. The second-order valence-corrected chi connectivity index (χ2v) is 6.98. The number of nitrogens with one attached hydrogen (secondary N) is 1. The van der Waals surface area contributed by atoms with Gasteiger partial charge in [0.2, 0.25) is 5.91 Å². The first-order chi connectivity index (χ1) is 8.71. The largest absolute Gasteiger partial charge is 0.381 e. The monoisotopic (exact) mass is 266 g/mol. The number of hydrogen-bond acceptors (Lipinski definition) is 3. The van der Waals surface area contributed by atoms with Gasteiger partial charge in [0.05, 0.1) is 12.7 Å². The lowest BCUT2D eigenvalue weighted by atomic mass is 9.67. The van der Waals surface area contributed by atoms with Crippen LogP contribution in [0.25, 0.3) is 0 Å². The molecule has 0 aromatic carbocycles.